The molecule has 19 heavy (non-hydrogen) atoms. The molecule has 2 atom stereocenters. The van der Waals surface area contributed by atoms with Crippen LogP contribution in [-0.2, 0) is 17.9 Å². The lowest BCUT2D eigenvalue weighted by atomic mass is 9.93. The summed E-state index contributed by atoms with van der Waals surface area (Å²) in [6.45, 7) is 6.45. The molecule has 2 rings (SSSR count). The third-order valence-corrected chi connectivity index (χ3v) is 4.13. The highest BCUT2D eigenvalue weighted by Crippen LogP contribution is 2.20. The van der Waals surface area contributed by atoms with E-state index in [1.807, 2.05) is 12.4 Å². The van der Waals surface area contributed by atoms with Crippen LogP contribution >= 0.6 is 0 Å². The lowest BCUT2D eigenvalue weighted by Crippen LogP contribution is -2.52. The minimum Gasteiger partial charge on any atom is -0.480 e. The van der Waals surface area contributed by atoms with E-state index in [2.05, 4.69) is 26.7 Å². The fourth-order valence-corrected chi connectivity index (χ4v) is 2.58. The summed E-state index contributed by atoms with van der Waals surface area (Å²) in [5, 5.41) is 12.2. The van der Waals surface area contributed by atoms with Gasteiger partial charge >= 0.3 is 5.97 Å². The van der Waals surface area contributed by atoms with Crippen molar-refractivity contribution >= 4 is 5.97 Å². The fourth-order valence-electron chi connectivity index (χ4n) is 2.58. The van der Waals surface area contributed by atoms with Crippen molar-refractivity contribution in [3.05, 3.63) is 18.2 Å². The summed E-state index contributed by atoms with van der Waals surface area (Å²) in [5.41, 5.74) is -0.883. The van der Waals surface area contributed by atoms with E-state index >= 15 is 0 Å². The van der Waals surface area contributed by atoms with Gasteiger partial charge in [0, 0.05) is 31.5 Å². The molecule has 0 amide bonds. The van der Waals surface area contributed by atoms with Gasteiger partial charge in [-0.1, -0.05) is 0 Å². The number of carboxylic acid groups (broad SMARTS) is 1. The van der Waals surface area contributed by atoms with E-state index in [4.69, 9.17) is 0 Å². The Hall–Kier alpha value is -1.40. The quantitative estimate of drug-likeness (QED) is 0.814. The first-order valence-corrected chi connectivity index (χ1v) is 6.62. The van der Waals surface area contributed by atoms with Crippen LogP contribution in [0.25, 0.3) is 0 Å². The van der Waals surface area contributed by atoms with Crippen LogP contribution in [0.15, 0.2) is 12.4 Å². The van der Waals surface area contributed by atoms with Gasteiger partial charge in [-0.15, -0.1) is 0 Å². The van der Waals surface area contributed by atoms with Crippen molar-refractivity contribution < 1.29 is 9.90 Å². The Morgan fingerprint density at radius 3 is 3.00 bits per heavy atom. The summed E-state index contributed by atoms with van der Waals surface area (Å²) < 4.78 is 2.15. The molecule has 2 unspecified atom stereocenters. The number of hydrogen-bond acceptors (Lipinski definition) is 4. The average Bonchev–Trinajstić information content (AvgIpc) is 2.85. The zero-order chi connectivity index (χ0) is 14.0. The molecule has 2 N–H and O–H groups in total. The lowest BCUT2D eigenvalue weighted by Gasteiger charge is -2.36. The Morgan fingerprint density at radius 1 is 1.63 bits per heavy atom. The van der Waals surface area contributed by atoms with E-state index in [0.717, 1.165) is 25.5 Å². The maximum Gasteiger partial charge on any atom is 0.323 e. The van der Waals surface area contributed by atoms with Crippen molar-refractivity contribution in [3.63, 3.8) is 0 Å². The number of nitrogens with zero attached hydrogens (tertiary/aromatic N) is 3. The zero-order valence-corrected chi connectivity index (χ0v) is 11.8. The maximum atomic E-state index is 11.3. The van der Waals surface area contributed by atoms with Gasteiger partial charge in [0.2, 0.25) is 0 Å². The molecule has 2 heterocycles. The van der Waals surface area contributed by atoms with E-state index in [9.17, 15) is 9.90 Å². The van der Waals surface area contributed by atoms with Gasteiger partial charge in [-0.05, 0) is 27.3 Å². The highest BCUT2D eigenvalue weighted by atomic mass is 16.4. The molecule has 6 heteroatoms. The molecule has 1 aromatic rings. The second kappa shape index (κ2) is 5.30. The van der Waals surface area contributed by atoms with E-state index in [-0.39, 0.29) is 6.04 Å². The second-order valence-corrected chi connectivity index (χ2v) is 5.45. The second-order valence-electron chi connectivity index (χ2n) is 5.45. The van der Waals surface area contributed by atoms with Gasteiger partial charge in [-0.3, -0.25) is 9.69 Å². The smallest absolute Gasteiger partial charge is 0.323 e. The molecule has 0 spiro atoms. The monoisotopic (exact) mass is 266 g/mol. The molecule has 1 aromatic heterocycles. The predicted octanol–water partition coefficient (Wildman–Crippen LogP) is 0.540. The van der Waals surface area contributed by atoms with Crippen molar-refractivity contribution in [1.29, 1.82) is 0 Å². The number of rotatable bonds is 5. The number of fused-ring (bicyclic) bond motifs is 1. The van der Waals surface area contributed by atoms with Crippen LogP contribution in [0.3, 0.4) is 0 Å². The van der Waals surface area contributed by atoms with Gasteiger partial charge in [-0.25, -0.2) is 4.98 Å². The van der Waals surface area contributed by atoms with E-state index in [1.54, 1.807) is 14.0 Å². The number of carbonyl (C=O) groups is 1. The molecule has 0 aliphatic carbocycles. The summed E-state index contributed by atoms with van der Waals surface area (Å²) >= 11 is 0. The molecule has 6 nitrogen and oxygen atoms in total. The van der Waals surface area contributed by atoms with Gasteiger partial charge in [0.1, 0.15) is 11.4 Å². The highest BCUT2D eigenvalue weighted by Gasteiger charge is 2.35. The van der Waals surface area contributed by atoms with Gasteiger partial charge in [0.05, 0.1) is 6.54 Å². The van der Waals surface area contributed by atoms with Crippen LogP contribution in [0.1, 0.15) is 26.1 Å². The van der Waals surface area contributed by atoms with Gasteiger partial charge in [0.25, 0.3) is 0 Å². The number of aliphatic carboxylic acids is 1. The standard InChI is InChI=1S/C13H22N4O2/c1-10(8-13(2,14-3)12(18)19)17-7-6-16-5-4-15-11(16)9-17/h4-5,10,14H,6-9H2,1-3H3,(H,18,19). The summed E-state index contributed by atoms with van der Waals surface area (Å²) in [6, 6.07) is 0.194. The normalized spacial score (nSPS) is 20.6. The molecule has 0 bridgehead atoms. The predicted molar refractivity (Wildman–Crippen MR) is 71.8 cm³/mol. The topological polar surface area (TPSA) is 70.4 Å². The number of likely N-dealkylation sites (N-methyl/N-ethyl adjacent to an activating group) is 1. The Bertz CT molecular complexity index is 459. The third kappa shape index (κ3) is 2.79. The first-order chi connectivity index (χ1) is 8.96. The van der Waals surface area contributed by atoms with Gasteiger partial charge < -0.3 is 15.0 Å². The first-order valence-electron chi connectivity index (χ1n) is 6.62. The lowest BCUT2D eigenvalue weighted by molar-refractivity contribution is -0.144. The molecule has 1 aliphatic rings. The molecule has 106 valence electrons. The van der Waals surface area contributed by atoms with Gasteiger partial charge in [0.15, 0.2) is 0 Å². The van der Waals surface area contributed by atoms with E-state index < -0.39 is 11.5 Å². The van der Waals surface area contributed by atoms with E-state index in [0.29, 0.717) is 6.42 Å². The molecule has 0 radical (unpaired) electrons. The molecular weight excluding hydrogens is 244 g/mol. The van der Waals surface area contributed by atoms with Crippen LogP contribution < -0.4 is 5.32 Å². The van der Waals surface area contributed by atoms with Gasteiger partial charge in [-0.2, -0.15) is 0 Å². The Morgan fingerprint density at radius 2 is 2.37 bits per heavy atom. The minimum atomic E-state index is -0.883. The van der Waals surface area contributed by atoms with Crippen LogP contribution in [0, 0.1) is 0 Å². The molecule has 0 fully saturated rings. The van der Waals surface area contributed by atoms with Crippen molar-refractivity contribution in [2.24, 2.45) is 0 Å². The van der Waals surface area contributed by atoms with Crippen molar-refractivity contribution in [2.45, 2.75) is 44.9 Å². The Kier molecular flexibility index (Phi) is 3.91. The van der Waals surface area contributed by atoms with E-state index in [1.165, 1.54) is 0 Å². The number of carboxylic acids is 1. The zero-order valence-electron chi connectivity index (χ0n) is 11.8. The maximum absolute atomic E-state index is 11.3. The van der Waals surface area contributed by atoms with Crippen LogP contribution in [-0.4, -0.2) is 50.7 Å². The molecule has 0 saturated heterocycles. The van der Waals surface area contributed by atoms with Crippen molar-refractivity contribution in [2.75, 3.05) is 13.6 Å². The molecule has 1 aliphatic heterocycles. The first kappa shape index (κ1) is 14.0. The van der Waals surface area contributed by atoms with Crippen LogP contribution in [0.4, 0.5) is 0 Å². The largest absolute Gasteiger partial charge is 0.480 e. The van der Waals surface area contributed by atoms with Crippen molar-refractivity contribution in [1.82, 2.24) is 19.8 Å². The summed E-state index contributed by atoms with van der Waals surface area (Å²) in [7, 11) is 1.70. The third-order valence-electron chi connectivity index (χ3n) is 4.13. The molecule has 0 aromatic carbocycles. The van der Waals surface area contributed by atoms with Crippen LogP contribution in [0.2, 0.25) is 0 Å². The SMILES string of the molecule is CNC(C)(CC(C)N1CCn2ccnc2C1)C(=O)O. The summed E-state index contributed by atoms with van der Waals surface area (Å²) in [6.07, 6.45) is 4.38. The number of nitrogens with one attached hydrogen (secondary N) is 1. The van der Waals surface area contributed by atoms with Crippen LogP contribution in [0.5, 0.6) is 0 Å². The molecular formula is C13H22N4O2. The summed E-state index contributed by atoms with van der Waals surface area (Å²) in [5.74, 6) is 0.250. The Labute approximate surface area is 113 Å². The number of imidazole rings is 1. The Balaban J connectivity index is 2.02. The summed E-state index contributed by atoms with van der Waals surface area (Å²) in [4.78, 5) is 18.0. The van der Waals surface area contributed by atoms with Crippen molar-refractivity contribution in [3.8, 4) is 0 Å². The number of aromatic nitrogens is 2. The molecule has 0 saturated carbocycles. The highest BCUT2D eigenvalue weighted by molar-refractivity contribution is 5.78. The average molecular weight is 266 g/mol. The minimum absolute atomic E-state index is 0.194. The number of hydrogen-bond donors (Lipinski definition) is 2. The fraction of sp³-hybridized carbons (Fsp3) is 0.692.